The van der Waals surface area contributed by atoms with E-state index in [0.29, 0.717) is 5.57 Å². The Morgan fingerprint density at radius 1 is 1.07 bits per heavy atom. The fourth-order valence-electron chi connectivity index (χ4n) is 4.99. The normalized spacial score (nSPS) is 39.5. The molecule has 6 unspecified atom stereocenters. The zero-order valence-corrected chi connectivity index (χ0v) is 17.7. The van der Waals surface area contributed by atoms with Gasteiger partial charge in [0.05, 0.1) is 11.8 Å². The Hall–Kier alpha value is -2.19. The second-order valence-electron chi connectivity index (χ2n) is 9.21. The van der Waals surface area contributed by atoms with E-state index in [2.05, 4.69) is 13.8 Å². The number of rotatable bonds is 3. The van der Waals surface area contributed by atoms with Crippen molar-refractivity contribution < 1.29 is 38.1 Å². The highest BCUT2D eigenvalue weighted by Crippen LogP contribution is 2.51. The lowest BCUT2D eigenvalue weighted by atomic mass is 9.75. The first kappa shape index (κ1) is 21.1. The molecule has 0 amide bonds. The highest BCUT2D eigenvalue weighted by atomic mass is 16.8. The minimum absolute atomic E-state index is 0.250. The zero-order valence-electron chi connectivity index (χ0n) is 17.7. The largest absolute Gasteiger partial charge is 0.455 e. The lowest BCUT2D eigenvalue weighted by Crippen LogP contribution is -2.38. The van der Waals surface area contributed by atoms with Crippen LogP contribution < -0.4 is 0 Å². The van der Waals surface area contributed by atoms with Crippen molar-refractivity contribution in [3.8, 4) is 0 Å². The molecule has 0 N–H and O–H groups in total. The van der Waals surface area contributed by atoms with Gasteiger partial charge in [-0.3, -0.25) is 9.59 Å². The number of allylic oxidation sites excluding steroid dienone is 3. The van der Waals surface area contributed by atoms with Crippen molar-refractivity contribution in [2.75, 3.05) is 0 Å². The summed E-state index contributed by atoms with van der Waals surface area (Å²) in [5.74, 6) is -2.53. The summed E-state index contributed by atoms with van der Waals surface area (Å²) >= 11 is 0. The number of carbonyl (C=O) groups is 3. The van der Waals surface area contributed by atoms with E-state index in [1.54, 1.807) is 6.08 Å². The lowest BCUT2D eigenvalue weighted by Gasteiger charge is -2.31. The molecule has 3 aliphatic heterocycles. The molecule has 4 fully saturated rings. The number of ether oxygens (including phenoxy) is 5. The summed E-state index contributed by atoms with van der Waals surface area (Å²) in [4.78, 5) is 35.6. The quantitative estimate of drug-likeness (QED) is 0.391. The predicted octanol–water partition coefficient (Wildman–Crippen LogP) is 2.76. The monoisotopic (exact) mass is 420 g/mol. The maximum absolute atomic E-state index is 12.5. The van der Waals surface area contributed by atoms with Crippen molar-refractivity contribution in [3.05, 3.63) is 23.3 Å². The second kappa shape index (κ2) is 7.81. The molecule has 4 rings (SSSR count). The van der Waals surface area contributed by atoms with E-state index in [9.17, 15) is 14.4 Å². The number of esters is 3. The summed E-state index contributed by atoms with van der Waals surface area (Å²) in [6.45, 7) is 7.01. The molecule has 0 spiro atoms. The first-order valence-corrected chi connectivity index (χ1v) is 10.4. The minimum Gasteiger partial charge on any atom is -0.455 e. The molecule has 0 aromatic rings. The number of hydrogen-bond donors (Lipinski definition) is 0. The number of hydrogen-bond acceptors (Lipinski definition) is 8. The van der Waals surface area contributed by atoms with Gasteiger partial charge in [0.15, 0.2) is 12.4 Å². The van der Waals surface area contributed by atoms with Gasteiger partial charge in [0, 0.05) is 19.4 Å². The Labute approximate surface area is 175 Å². The maximum Gasteiger partial charge on any atom is 0.336 e. The van der Waals surface area contributed by atoms with Crippen molar-refractivity contribution >= 4 is 17.9 Å². The molecule has 1 aliphatic carbocycles. The third-order valence-corrected chi connectivity index (χ3v) is 6.16. The van der Waals surface area contributed by atoms with Crippen LogP contribution in [0.4, 0.5) is 0 Å². The van der Waals surface area contributed by atoms with Crippen molar-refractivity contribution in [1.82, 2.24) is 0 Å². The molecule has 6 atom stereocenters. The molecule has 8 nitrogen and oxygen atoms in total. The van der Waals surface area contributed by atoms with Gasteiger partial charge in [0.25, 0.3) is 0 Å². The molecule has 164 valence electrons. The van der Waals surface area contributed by atoms with E-state index in [1.807, 2.05) is 6.08 Å². The van der Waals surface area contributed by atoms with Gasteiger partial charge in [0.1, 0.15) is 0 Å². The van der Waals surface area contributed by atoms with Crippen LogP contribution in [-0.2, 0) is 38.1 Å². The van der Waals surface area contributed by atoms with Gasteiger partial charge in [-0.15, -0.1) is 0 Å². The number of fused-ring (bicyclic) bond motifs is 3. The molecular formula is C22H28O8. The molecule has 0 aromatic heterocycles. The summed E-state index contributed by atoms with van der Waals surface area (Å²) in [5.41, 5.74) is 2.01. The van der Waals surface area contributed by atoms with E-state index in [1.165, 1.54) is 25.8 Å². The number of carbonyl (C=O) groups excluding carboxylic acids is 3. The van der Waals surface area contributed by atoms with E-state index in [4.69, 9.17) is 23.7 Å². The van der Waals surface area contributed by atoms with Gasteiger partial charge in [-0.1, -0.05) is 31.6 Å². The predicted molar refractivity (Wildman–Crippen MR) is 102 cm³/mol. The molecule has 0 bridgehead atoms. The fraction of sp³-hybridized carbons (Fsp3) is 0.682. The zero-order chi connectivity index (χ0) is 21.6. The molecular weight excluding hydrogens is 392 g/mol. The van der Waals surface area contributed by atoms with Crippen LogP contribution in [-0.4, -0.2) is 42.9 Å². The third-order valence-electron chi connectivity index (χ3n) is 6.16. The molecule has 3 heterocycles. The van der Waals surface area contributed by atoms with Gasteiger partial charge in [-0.25, -0.2) is 4.79 Å². The standard InChI is InChI=1S/C22H28O8/c1-11(23)26-17-16-15-14(8-7-13-6-5-9-22(3,4)10-13)18(25)28-19(15)29-20(16)30-21(17)27-12(2)24/h7-8,15-17,19-21H,5-6,9-10H2,1-4H3/b13-7-,14-8-. The Morgan fingerprint density at radius 3 is 2.47 bits per heavy atom. The Kier molecular flexibility index (Phi) is 5.48. The van der Waals surface area contributed by atoms with Crippen LogP contribution in [0.5, 0.6) is 0 Å². The lowest BCUT2D eigenvalue weighted by molar-refractivity contribution is -0.244. The van der Waals surface area contributed by atoms with E-state index < -0.39 is 54.7 Å². The van der Waals surface area contributed by atoms with Crippen molar-refractivity contribution in [1.29, 1.82) is 0 Å². The van der Waals surface area contributed by atoms with Crippen LogP contribution in [0.1, 0.15) is 53.4 Å². The summed E-state index contributed by atoms with van der Waals surface area (Å²) in [7, 11) is 0. The Morgan fingerprint density at radius 2 is 1.80 bits per heavy atom. The fourth-order valence-corrected chi connectivity index (χ4v) is 4.99. The maximum atomic E-state index is 12.5. The molecule has 1 saturated carbocycles. The summed E-state index contributed by atoms with van der Waals surface area (Å²) < 4.78 is 27.4. The average molecular weight is 420 g/mol. The van der Waals surface area contributed by atoms with E-state index in [-0.39, 0.29) is 5.41 Å². The molecule has 0 aromatic carbocycles. The summed E-state index contributed by atoms with van der Waals surface area (Å²) in [6.07, 6.45) is 4.53. The smallest absolute Gasteiger partial charge is 0.336 e. The second-order valence-corrected chi connectivity index (χ2v) is 9.21. The molecule has 0 radical (unpaired) electrons. The van der Waals surface area contributed by atoms with Crippen molar-refractivity contribution in [2.24, 2.45) is 17.3 Å². The van der Waals surface area contributed by atoms with Crippen molar-refractivity contribution in [2.45, 2.75) is 78.4 Å². The van der Waals surface area contributed by atoms with Gasteiger partial charge in [-0.05, 0) is 31.1 Å². The highest BCUT2D eigenvalue weighted by molar-refractivity contribution is 5.92. The summed E-state index contributed by atoms with van der Waals surface area (Å²) in [6, 6.07) is 0. The average Bonchev–Trinajstić information content (AvgIpc) is 3.20. The van der Waals surface area contributed by atoms with Crippen LogP contribution in [0, 0.1) is 17.3 Å². The molecule has 8 heteroatoms. The van der Waals surface area contributed by atoms with Crippen LogP contribution >= 0.6 is 0 Å². The molecule has 4 aliphatic rings. The van der Waals surface area contributed by atoms with Gasteiger partial charge >= 0.3 is 17.9 Å². The minimum atomic E-state index is -1.09. The highest BCUT2D eigenvalue weighted by Gasteiger charge is 2.64. The van der Waals surface area contributed by atoms with E-state index in [0.717, 1.165) is 19.3 Å². The van der Waals surface area contributed by atoms with Gasteiger partial charge in [-0.2, -0.15) is 0 Å². The Bertz CT molecular complexity index is 810. The van der Waals surface area contributed by atoms with Crippen LogP contribution in [0.15, 0.2) is 23.3 Å². The van der Waals surface area contributed by atoms with Crippen LogP contribution in [0.25, 0.3) is 0 Å². The van der Waals surface area contributed by atoms with Crippen LogP contribution in [0.2, 0.25) is 0 Å². The summed E-state index contributed by atoms with van der Waals surface area (Å²) in [5, 5.41) is 0. The first-order chi connectivity index (χ1) is 14.1. The SMILES string of the molecule is CC(=O)OC1OC2OC3OC(=O)/C(=C\C=C4\CCCC(C)(C)C4)C3C2C1OC(C)=O. The third kappa shape index (κ3) is 4.03. The van der Waals surface area contributed by atoms with Gasteiger partial charge < -0.3 is 23.7 Å². The van der Waals surface area contributed by atoms with E-state index >= 15 is 0 Å². The van der Waals surface area contributed by atoms with Gasteiger partial charge in [0.2, 0.25) is 12.6 Å². The first-order valence-electron chi connectivity index (χ1n) is 10.4. The molecule has 3 saturated heterocycles. The Balaban J connectivity index is 1.61. The van der Waals surface area contributed by atoms with Crippen LogP contribution in [0.3, 0.4) is 0 Å². The molecule has 30 heavy (non-hydrogen) atoms. The topological polar surface area (TPSA) is 97.4 Å². The van der Waals surface area contributed by atoms with Crippen molar-refractivity contribution in [3.63, 3.8) is 0 Å².